The predicted molar refractivity (Wildman–Crippen MR) is 121 cm³/mol. The second kappa shape index (κ2) is 7.79. The van der Waals surface area contributed by atoms with Gasteiger partial charge in [0.05, 0.1) is 17.4 Å². The van der Waals surface area contributed by atoms with Crippen LogP contribution in [0.2, 0.25) is 0 Å². The number of aromatic nitrogens is 4. The summed E-state index contributed by atoms with van der Waals surface area (Å²) in [4.78, 5) is 10.3. The lowest BCUT2D eigenvalue weighted by Gasteiger charge is -2.21. The van der Waals surface area contributed by atoms with Gasteiger partial charge in [-0.25, -0.2) is 4.39 Å². The van der Waals surface area contributed by atoms with Crippen molar-refractivity contribution in [3.63, 3.8) is 0 Å². The maximum atomic E-state index is 14.1. The molecule has 5 rings (SSSR count). The number of halogens is 2. The summed E-state index contributed by atoms with van der Waals surface area (Å²) in [5.41, 5.74) is 2.31. The number of likely N-dealkylation sites (N-methyl/N-ethyl adjacent to an activating group) is 1. The molecule has 1 saturated heterocycles. The van der Waals surface area contributed by atoms with Crippen molar-refractivity contribution >= 4 is 49.9 Å². The van der Waals surface area contributed by atoms with Crippen LogP contribution in [0.4, 0.5) is 10.1 Å². The normalized spacial score (nSPS) is 17.0. The van der Waals surface area contributed by atoms with Crippen LogP contribution in [0.1, 0.15) is 6.42 Å². The van der Waals surface area contributed by atoms with Gasteiger partial charge in [-0.15, -0.1) is 10.2 Å². The molecule has 0 N–H and O–H groups in total. The number of nitrogens with zero attached hydrogens (tertiary/aromatic N) is 6. The van der Waals surface area contributed by atoms with E-state index in [1.54, 1.807) is 10.6 Å². The second-order valence-corrected chi connectivity index (χ2v) is 9.64. The highest BCUT2D eigenvalue weighted by atomic mass is 79.9. The standard InChI is InChI=1S/C21H20BrFN6S/c1-27(2)15-5-6-28(12-15)16-7-13-8-17(3-4-19(13)24-10-16)30-21-26-25-20-18(23)9-14(22)11-29(20)21/h3-4,7-11,15H,5-6,12H2,1-2H3/t15-/m0/s1. The highest BCUT2D eigenvalue weighted by molar-refractivity contribution is 9.10. The summed E-state index contributed by atoms with van der Waals surface area (Å²) >= 11 is 4.78. The van der Waals surface area contributed by atoms with Gasteiger partial charge in [-0.05, 0) is 78.5 Å². The molecule has 3 aromatic heterocycles. The molecule has 0 spiro atoms. The lowest BCUT2D eigenvalue weighted by Crippen LogP contribution is -2.31. The number of benzene rings is 1. The quantitative estimate of drug-likeness (QED) is 0.424. The zero-order chi connectivity index (χ0) is 20.8. The molecule has 0 radical (unpaired) electrons. The first-order chi connectivity index (χ1) is 14.5. The third-order valence-corrected chi connectivity index (χ3v) is 6.89. The summed E-state index contributed by atoms with van der Waals surface area (Å²) in [6.45, 7) is 2.05. The average Bonchev–Trinajstić information content (AvgIpc) is 3.36. The monoisotopic (exact) mass is 486 g/mol. The van der Waals surface area contributed by atoms with Crippen molar-refractivity contribution in [3.8, 4) is 0 Å². The molecule has 0 bridgehead atoms. The summed E-state index contributed by atoms with van der Waals surface area (Å²) in [6, 6.07) is 10.3. The van der Waals surface area contributed by atoms with Crippen molar-refractivity contribution < 1.29 is 4.39 Å². The van der Waals surface area contributed by atoms with E-state index in [9.17, 15) is 4.39 Å². The molecule has 0 saturated carbocycles. The highest BCUT2D eigenvalue weighted by Gasteiger charge is 2.24. The van der Waals surface area contributed by atoms with Gasteiger partial charge in [-0.1, -0.05) is 0 Å². The molecule has 6 nitrogen and oxygen atoms in total. The van der Waals surface area contributed by atoms with Gasteiger partial charge in [0.15, 0.2) is 11.5 Å². The van der Waals surface area contributed by atoms with E-state index in [2.05, 4.69) is 67.1 Å². The molecule has 1 aliphatic heterocycles. The van der Waals surface area contributed by atoms with Crippen LogP contribution in [0.25, 0.3) is 16.6 Å². The van der Waals surface area contributed by atoms with Crippen molar-refractivity contribution in [2.75, 3.05) is 32.1 Å². The van der Waals surface area contributed by atoms with Crippen LogP contribution >= 0.6 is 27.7 Å². The molecule has 1 aromatic carbocycles. The maximum Gasteiger partial charge on any atom is 0.200 e. The van der Waals surface area contributed by atoms with Gasteiger partial charge in [0, 0.05) is 40.1 Å². The molecule has 4 heterocycles. The Balaban J connectivity index is 1.45. The van der Waals surface area contributed by atoms with Crippen LogP contribution < -0.4 is 4.90 Å². The number of rotatable bonds is 4. The Bertz CT molecular complexity index is 1240. The molecule has 30 heavy (non-hydrogen) atoms. The zero-order valence-corrected chi connectivity index (χ0v) is 19.0. The predicted octanol–water partition coefficient (Wildman–Crippen LogP) is 4.47. The van der Waals surface area contributed by atoms with E-state index >= 15 is 0 Å². The van der Waals surface area contributed by atoms with E-state index in [-0.39, 0.29) is 5.65 Å². The molecule has 0 amide bonds. The molecule has 0 unspecified atom stereocenters. The number of hydrogen-bond donors (Lipinski definition) is 0. The second-order valence-electron chi connectivity index (χ2n) is 7.68. The lowest BCUT2D eigenvalue weighted by molar-refractivity contribution is 0.315. The van der Waals surface area contributed by atoms with Gasteiger partial charge in [0.2, 0.25) is 5.16 Å². The fraction of sp³-hybridized carbons (Fsp3) is 0.286. The Labute approximate surface area is 186 Å². The molecule has 4 aromatic rings. The number of pyridine rings is 2. The van der Waals surface area contributed by atoms with Gasteiger partial charge in [0.25, 0.3) is 0 Å². The third kappa shape index (κ3) is 3.66. The van der Waals surface area contributed by atoms with Crippen molar-refractivity contribution in [3.05, 3.63) is 53.0 Å². The van der Waals surface area contributed by atoms with Crippen LogP contribution in [0, 0.1) is 5.82 Å². The molecule has 154 valence electrons. The lowest BCUT2D eigenvalue weighted by atomic mass is 10.2. The summed E-state index contributed by atoms with van der Waals surface area (Å²) in [7, 11) is 4.27. The number of anilines is 1. The number of fused-ring (bicyclic) bond motifs is 2. The van der Waals surface area contributed by atoms with E-state index < -0.39 is 5.82 Å². The molecule has 1 atom stereocenters. The Morgan fingerprint density at radius 3 is 2.87 bits per heavy atom. The molecule has 9 heteroatoms. The highest BCUT2D eigenvalue weighted by Crippen LogP contribution is 2.32. The van der Waals surface area contributed by atoms with Gasteiger partial charge in [-0.3, -0.25) is 9.38 Å². The maximum absolute atomic E-state index is 14.1. The molecular formula is C21H20BrFN6S. The van der Waals surface area contributed by atoms with Crippen LogP contribution in [0.5, 0.6) is 0 Å². The Hall–Kier alpha value is -2.23. The van der Waals surface area contributed by atoms with Crippen LogP contribution in [0.15, 0.2) is 57.3 Å². The Morgan fingerprint density at radius 1 is 1.20 bits per heavy atom. The molecule has 1 aliphatic rings. The van der Waals surface area contributed by atoms with Crippen molar-refractivity contribution in [1.82, 2.24) is 24.5 Å². The minimum absolute atomic E-state index is 0.218. The summed E-state index contributed by atoms with van der Waals surface area (Å²) in [6.07, 6.45) is 4.89. The van der Waals surface area contributed by atoms with E-state index in [0.29, 0.717) is 15.7 Å². The van der Waals surface area contributed by atoms with Gasteiger partial charge in [0.1, 0.15) is 0 Å². The summed E-state index contributed by atoms with van der Waals surface area (Å²) in [5, 5.41) is 9.83. The fourth-order valence-corrected chi connectivity index (χ4v) is 5.07. The molecular weight excluding hydrogens is 467 g/mol. The largest absolute Gasteiger partial charge is 0.369 e. The summed E-state index contributed by atoms with van der Waals surface area (Å²) in [5.74, 6) is -0.405. The fourth-order valence-electron chi connectivity index (χ4n) is 3.81. The summed E-state index contributed by atoms with van der Waals surface area (Å²) < 4.78 is 16.4. The SMILES string of the molecule is CN(C)[C@H]1CCN(c2cnc3ccc(Sc4nnc5c(F)cc(Br)cn45)cc3c2)C1. The minimum atomic E-state index is -0.405. The van der Waals surface area contributed by atoms with Gasteiger partial charge < -0.3 is 9.80 Å². The van der Waals surface area contributed by atoms with Crippen molar-refractivity contribution in [1.29, 1.82) is 0 Å². The molecule has 0 aliphatic carbocycles. The first-order valence-corrected chi connectivity index (χ1v) is 11.3. The average molecular weight is 487 g/mol. The van der Waals surface area contributed by atoms with Crippen LogP contribution in [-0.2, 0) is 0 Å². The first kappa shape index (κ1) is 19.7. The van der Waals surface area contributed by atoms with Gasteiger partial charge in [-0.2, -0.15) is 0 Å². The van der Waals surface area contributed by atoms with E-state index in [1.165, 1.54) is 17.8 Å². The van der Waals surface area contributed by atoms with E-state index in [4.69, 9.17) is 0 Å². The molecule has 1 fully saturated rings. The minimum Gasteiger partial charge on any atom is -0.369 e. The first-order valence-electron chi connectivity index (χ1n) is 9.67. The van der Waals surface area contributed by atoms with Crippen molar-refractivity contribution in [2.45, 2.75) is 22.5 Å². The van der Waals surface area contributed by atoms with E-state index in [1.807, 2.05) is 18.3 Å². The van der Waals surface area contributed by atoms with Gasteiger partial charge >= 0.3 is 0 Å². The van der Waals surface area contributed by atoms with Crippen LogP contribution in [0.3, 0.4) is 0 Å². The Morgan fingerprint density at radius 2 is 2.07 bits per heavy atom. The smallest absolute Gasteiger partial charge is 0.200 e. The van der Waals surface area contributed by atoms with Crippen LogP contribution in [-0.4, -0.2) is 57.7 Å². The van der Waals surface area contributed by atoms with E-state index in [0.717, 1.165) is 41.0 Å². The zero-order valence-electron chi connectivity index (χ0n) is 16.6. The topological polar surface area (TPSA) is 49.6 Å². The number of hydrogen-bond acceptors (Lipinski definition) is 6. The Kier molecular flexibility index (Phi) is 5.12. The van der Waals surface area contributed by atoms with Crippen molar-refractivity contribution in [2.24, 2.45) is 0 Å². The third-order valence-electron chi connectivity index (χ3n) is 5.50.